The highest BCUT2D eigenvalue weighted by molar-refractivity contribution is 6.36. The van der Waals surface area contributed by atoms with E-state index in [9.17, 15) is 9.90 Å². The van der Waals surface area contributed by atoms with Crippen LogP contribution in [0.2, 0.25) is 10.0 Å². The molecular weight excluding hydrogens is 309 g/mol. The summed E-state index contributed by atoms with van der Waals surface area (Å²) in [6.07, 6.45) is 0.0713. The zero-order chi connectivity index (χ0) is 15.2. The fourth-order valence-electron chi connectivity index (χ4n) is 2.03. The third-order valence-electron chi connectivity index (χ3n) is 3.12. The van der Waals surface area contributed by atoms with Crippen molar-refractivity contribution in [2.24, 2.45) is 0 Å². The molecule has 0 spiro atoms. The fraction of sp³-hybridized carbons (Fsp3) is 0.188. The van der Waals surface area contributed by atoms with Crippen molar-refractivity contribution in [1.82, 2.24) is 5.32 Å². The molecule has 2 aromatic carbocycles. The van der Waals surface area contributed by atoms with Gasteiger partial charge in [-0.1, -0.05) is 59.6 Å². The highest BCUT2D eigenvalue weighted by Gasteiger charge is 2.16. The van der Waals surface area contributed by atoms with E-state index in [1.165, 1.54) is 0 Å². The molecule has 0 bridgehead atoms. The highest BCUT2D eigenvalue weighted by atomic mass is 35.5. The van der Waals surface area contributed by atoms with Gasteiger partial charge in [-0.15, -0.1) is 0 Å². The van der Waals surface area contributed by atoms with Crippen molar-refractivity contribution >= 4 is 29.1 Å². The number of carbonyl (C=O) groups is 1. The summed E-state index contributed by atoms with van der Waals surface area (Å²) in [6.45, 7) is -0.175. The molecule has 0 fully saturated rings. The van der Waals surface area contributed by atoms with Gasteiger partial charge >= 0.3 is 0 Å². The van der Waals surface area contributed by atoms with Crippen molar-refractivity contribution in [2.45, 2.75) is 12.5 Å². The number of amides is 1. The zero-order valence-corrected chi connectivity index (χ0v) is 12.7. The van der Waals surface area contributed by atoms with Gasteiger partial charge in [-0.25, -0.2) is 0 Å². The number of benzene rings is 2. The molecule has 2 N–H and O–H groups in total. The number of carbonyl (C=O) groups excluding carboxylic acids is 1. The molecule has 3 nitrogen and oxygen atoms in total. The van der Waals surface area contributed by atoms with Gasteiger partial charge in [-0.2, -0.15) is 0 Å². The van der Waals surface area contributed by atoms with Gasteiger partial charge in [-0.3, -0.25) is 4.79 Å². The van der Waals surface area contributed by atoms with Gasteiger partial charge in [0, 0.05) is 10.0 Å². The minimum absolute atomic E-state index is 0.0713. The Balaban J connectivity index is 2.07. The second kappa shape index (κ2) is 7.46. The van der Waals surface area contributed by atoms with Gasteiger partial charge in [0.05, 0.1) is 19.1 Å². The number of aliphatic hydroxyl groups is 1. The van der Waals surface area contributed by atoms with Crippen LogP contribution >= 0.6 is 23.2 Å². The van der Waals surface area contributed by atoms with Crippen LogP contribution in [0.25, 0.3) is 0 Å². The van der Waals surface area contributed by atoms with Crippen LogP contribution in [-0.4, -0.2) is 17.6 Å². The van der Waals surface area contributed by atoms with Crippen molar-refractivity contribution in [3.05, 3.63) is 69.7 Å². The number of rotatable bonds is 5. The molecule has 2 rings (SSSR count). The second-order valence-corrected chi connectivity index (χ2v) is 5.40. The van der Waals surface area contributed by atoms with E-state index < -0.39 is 6.04 Å². The summed E-state index contributed by atoms with van der Waals surface area (Å²) < 4.78 is 0. The summed E-state index contributed by atoms with van der Waals surface area (Å²) in [6, 6.07) is 14.0. The summed E-state index contributed by atoms with van der Waals surface area (Å²) in [7, 11) is 0. The van der Waals surface area contributed by atoms with Crippen molar-refractivity contribution in [3.63, 3.8) is 0 Å². The molecular formula is C16H15Cl2NO2. The number of hydrogen-bond acceptors (Lipinski definition) is 2. The normalized spacial score (nSPS) is 12.0. The Morgan fingerprint density at radius 3 is 2.24 bits per heavy atom. The summed E-state index contributed by atoms with van der Waals surface area (Å²) in [5.41, 5.74) is 1.43. The number of aliphatic hydroxyl groups excluding tert-OH is 1. The predicted molar refractivity (Wildman–Crippen MR) is 84.6 cm³/mol. The standard InChI is InChI=1S/C16H15Cl2NO2/c17-13-7-4-8-14(18)12(13)9-16(21)19-15(10-20)11-5-2-1-3-6-11/h1-8,15,20H,9-10H2,(H,19,21)/t15-/m1/s1. The SMILES string of the molecule is O=C(Cc1c(Cl)cccc1Cl)N[C@H](CO)c1ccccc1. The molecule has 0 aliphatic heterocycles. The first-order valence-corrected chi connectivity index (χ1v) is 7.25. The Bertz CT molecular complexity index is 597. The lowest BCUT2D eigenvalue weighted by molar-refractivity contribution is -0.121. The first kappa shape index (κ1) is 15.8. The van der Waals surface area contributed by atoms with E-state index in [0.29, 0.717) is 15.6 Å². The van der Waals surface area contributed by atoms with E-state index in [1.54, 1.807) is 18.2 Å². The van der Waals surface area contributed by atoms with Gasteiger partial charge in [-0.05, 0) is 23.3 Å². The summed E-state index contributed by atoms with van der Waals surface area (Å²) >= 11 is 12.1. The maximum atomic E-state index is 12.1. The van der Waals surface area contributed by atoms with Crippen LogP contribution in [0, 0.1) is 0 Å². The van der Waals surface area contributed by atoms with Crippen LogP contribution in [-0.2, 0) is 11.2 Å². The average Bonchev–Trinajstić information content (AvgIpc) is 2.49. The van der Waals surface area contributed by atoms with Crippen molar-refractivity contribution < 1.29 is 9.90 Å². The lowest BCUT2D eigenvalue weighted by Gasteiger charge is -2.17. The molecule has 0 saturated carbocycles. The molecule has 1 amide bonds. The third-order valence-corrected chi connectivity index (χ3v) is 3.83. The number of hydrogen-bond donors (Lipinski definition) is 2. The summed E-state index contributed by atoms with van der Waals surface area (Å²) in [4.78, 5) is 12.1. The van der Waals surface area contributed by atoms with E-state index in [0.717, 1.165) is 5.56 Å². The van der Waals surface area contributed by atoms with Crippen LogP contribution < -0.4 is 5.32 Å². The van der Waals surface area contributed by atoms with E-state index in [1.807, 2.05) is 30.3 Å². The molecule has 5 heteroatoms. The van der Waals surface area contributed by atoms with Crippen LogP contribution in [0.4, 0.5) is 0 Å². The third kappa shape index (κ3) is 4.21. The van der Waals surface area contributed by atoms with E-state index in [2.05, 4.69) is 5.32 Å². The lowest BCUT2D eigenvalue weighted by Crippen LogP contribution is -2.32. The van der Waals surface area contributed by atoms with Crippen LogP contribution in [0.3, 0.4) is 0 Å². The Morgan fingerprint density at radius 2 is 1.67 bits per heavy atom. The molecule has 0 saturated heterocycles. The Morgan fingerprint density at radius 1 is 1.05 bits per heavy atom. The largest absolute Gasteiger partial charge is 0.394 e. The van der Waals surface area contributed by atoms with Gasteiger partial charge in [0.2, 0.25) is 5.91 Å². The summed E-state index contributed by atoms with van der Waals surface area (Å²) in [5, 5.41) is 13.1. The van der Waals surface area contributed by atoms with Crippen molar-refractivity contribution in [2.75, 3.05) is 6.61 Å². The Labute approximate surface area is 133 Å². The molecule has 0 heterocycles. The summed E-state index contributed by atoms with van der Waals surface area (Å²) in [5.74, 6) is -0.243. The van der Waals surface area contributed by atoms with E-state index in [-0.39, 0.29) is 18.9 Å². The number of nitrogens with one attached hydrogen (secondary N) is 1. The molecule has 1 atom stereocenters. The molecule has 0 aliphatic carbocycles. The van der Waals surface area contributed by atoms with E-state index in [4.69, 9.17) is 23.2 Å². The van der Waals surface area contributed by atoms with Gasteiger partial charge in [0.1, 0.15) is 0 Å². The molecule has 2 aromatic rings. The van der Waals surface area contributed by atoms with E-state index >= 15 is 0 Å². The second-order valence-electron chi connectivity index (χ2n) is 4.59. The van der Waals surface area contributed by atoms with Crippen LogP contribution in [0.15, 0.2) is 48.5 Å². The minimum Gasteiger partial charge on any atom is -0.394 e. The van der Waals surface area contributed by atoms with Crippen molar-refractivity contribution in [1.29, 1.82) is 0 Å². The molecule has 0 aliphatic rings. The Kier molecular flexibility index (Phi) is 5.62. The van der Waals surface area contributed by atoms with Crippen molar-refractivity contribution in [3.8, 4) is 0 Å². The highest BCUT2D eigenvalue weighted by Crippen LogP contribution is 2.25. The average molecular weight is 324 g/mol. The van der Waals surface area contributed by atoms with Gasteiger partial charge < -0.3 is 10.4 Å². The molecule has 110 valence electrons. The van der Waals surface area contributed by atoms with Crippen LogP contribution in [0.5, 0.6) is 0 Å². The topological polar surface area (TPSA) is 49.3 Å². The fourth-order valence-corrected chi connectivity index (χ4v) is 2.56. The maximum absolute atomic E-state index is 12.1. The van der Waals surface area contributed by atoms with Crippen LogP contribution in [0.1, 0.15) is 17.2 Å². The predicted octanol–water partition coefficient (Wildman–Crippen LogP) is 3.39. The zero-order valence-electron chi connectivity index (χ0n) is 11.2. The molecule has 0 aromatic heterocycles. The quantitative estimate of drug-likeness (QED) is 0.886. The molecule has 21 heavy (non-hydrogen) atoms. The van der Waals surface area contributed by atoms with Gasteiger partial charge in [0.25, 0.3) is 0 Å². The molecule has 0 unspecified atom stereocenters. The maximum Gasteiger partial charge on any atom is 0.225 e. The van der Waals surface area contributed by atoms with Gasteiger partial charge in [0.15, 0.2) is 0 Å². The first-order chi connectivity index (χ1) is 10.1. The Hall–Kier alpha value is -1.55. The number of halogens is 2. The monoisotopic (exact) mass is 323 g/mol. The minimum atomic E-state index is -0.444. The lowest BCUT2D eigenvalue weighted by atomic mass is 10.1. The molecule has 0 radical (unpaired) electrons. The smallest absolute Gasteiger partial charge is 0.225 e. The first-order valence-electron chi connectivity index (χ1n) is 6.50.